The van der Waals surface area contributed by atoms with Gasteiger partial charge in [0, 0.05) is 11.5 Å². The fraction of sp³-hybridized carbons (Fsp3) is 0.375. The summed E-state index contributed by atoms with van der Waals surface area (Å²) in [5.74, 6) is 2.23. The second-order valence-corrected chi connectivity index (χ2v) is 5.81. The van der Waals surface area contributed by atoms with E-state index >= 15 is 0 Å². The van der Waals surface area contributed by atoms with Crippen LogP contribution in [0, 0.1) is 0 Å². The van der Waals surface area contributed by atoms with Gasteiger partial charge in [-0.05, 0) is 47.1 Å². The third kappa shape index (κ3) is 2.63. The van der Waals surface area contributed by atoms with Crippen LogP contribution in [0.5, 0.6) is 5.75 Å². The summed E-state index contributed by atoms with van der Waals surface area (Å²) in [4.78, 5) is 0. The van der Waals surface area contributed by atoms with E-state index in [4.69, 9.17) is 9.15 Å². The van der Waals surface area contributed by atoms with E-state index in [1.165, 1.54) is 5.56 Å². The second-order valence-electron chi connectivity index (χ2n) is 5.03. The molecular weight excluding hydrogens is 318 g/mol. The highest BCUT2D eigenvalue weighted by Crippen LogP contribution is 2.41. The average molecular weight is 336 g/mol. The molecule has 2 heterocycles. The number of halogens is 1. The molecule has 0 spiro atoms. The normalized spacial score (nSPS) is 18.6. The van der Waals surface area contributed by atoms with Crippen LogP contribution >= 0.6 is 15.9 Å². The Morgan fingerprint density at radius 2 is 2.15 bits per heavy atom. The fourth-order valence-corrected chi connectivity index (χ4v) is 3.02. The van der Waals surface area contributed by atoms with Crippen molar-refractivity contribution in [1.82, 2.24) is 5.32 Å². The maximum absolute atomic E-state index is 5.81. The second kappa shape index (κ2) is 6.02. The number of furan rings is 1. The topological polar surface area (TPSA) is 34.4 Å². The van der Waals surface area contributed by atoms with Crippen molar-refractivity contribution in [2.45, 2.75) is 25.3 Å². The summed E-state index contributed by atoms with van der Waals surface area (Å²) >= 11 is 3.38. The van der Waals surface area contributed by atoms with E-state index in [1.54, 1.807) is 0 Å². The van der Waals surface area contributed by atoms with Gasteiger partial charge in [-0.3, -0.25) is 0 Å². The molecule has 0 saturated heterocycles. The van der Waals surface area contributed by atoms with Crippen LogP contribution in [0.2, 0.25) is 0 Å². The first kappa shape index (κ1) is 13.7. The third-order valence-electron chi connectivity index (χ3n) is 3.65. The van der Waals surface area contributed by atoms with Crippen LogP contribution in [0.25, 0.3) is 0 Å². The van der Waals surface area contributed by atoms with Crippen molar-refractivity contribution in [3.8, 4) is 5.75 Å². The first-order valence-electron chi connectivity index (χ1n) is 7.00. The molecule has 2 atom stereocenters. The van der Waals surface area contributed by atoms with Gasteiger partial charge in [0.1, 0.15) is 11.5 Å². The minimum Gasteiger partial charge on any atom is -0.493 e. The number of para-hydroxylation sites is 1. The van der Waals surface area contributed by atoms with E-state index in [1.807, 2.05) is 24.3 Å². The lowest BCUT2D eigenvalue weighted by Gasteiger charge is -2.22. The molecule has 2 aromatic rings. The van der Waals surface area contributed by atoms with Crippen LogP contribution < -0.4 is 10.1 Å². The molecule has 1 aliphatic heterocycles. The van der Waals surface area contributed by atoms with Crippen LogP contribution in [-0.4, -0.2) is 13.2 Å². The molecule has 3 nitrogen and oxygen atoms in total. The van der Waals surface area contributed by atoms with Crippen LogP contribution in [0.15, 0.2) is 45.5 Å². The highest BCUT2D eigenvalue weighted by Gasteiger charge is 2.33. The van der Waals surface area contributed by atoms with E-state index in [0.717, 1.165) is 29.1 Å². The van der Waals surface area contributed by atoms with Crippen molar-refractivity contribution in [2.75, 3.05) is 13.2 Å². The summed E-state index contributed by atoms with van der Waals surface area (Å²) in [5.41, 5.74) is 1.26. The predicted octanol–water partition coefficient (Wildman–Crippen LogP) is 4.26. The van der Waals surface area contributed by atoms with Gasteiger partial charge in [-0.25, -0.2) is 0 Å². The third-order valence-corrected chi connectivity index (χ3v) is 4.08. The van der Waals surface area contributed by atoms with Gasteiger partial charge in [-0.1, -0.05) is 25.1 Å². The lowest BCUT2D eigenvalue weighted by molar-refractivity contribution is 0.280. The molecule has 0 fully saturated rings. The summed E-state index contributed by atoms with van der Waals surface area (Å²) in [6.45, 7) is 3.82. The molecule has 1 aliphatic rings. The number of benzene rings is 1. The van der Waals surface area contributed by atoms with Gasteiger partial charge in [0.25, 0.3) is 0 Å². The zero-order valence-electron chi connectivity index (χ0n) is 11.4. The molecule has 3 rings (SSSR count). The van der Waals surface area contributed by atoms with Gasteiger partial charge >= 0.3 is 0 Å². The largest absolute Gasteiger partial charge is 0.493 e. The predicted molar refractivity (Wildman–Crippen MR) is 82.1 cm³/mol. The molecule has 0 radical (unpaired) electrons. The van der Waals surface area contributed by atoms with Crippen molar-refractivity contribution in [1.29, 1.82) is 0 Å². The summed E-state index contributed by atoms with van der Waals surface area (Å²) in [6, 6.07) is 12.4. The minimum absolute atomic E-state index is 0.143. The number of ether oxygens (including phenoxy) is 1. The van der Waals surface area contributed by atoms with E-state index in [0.29, 0.717) is 6.61 Å². The minimum atomic E-state index is 0.143. The van der Waals surface area contributed by atoms with Crippen LogP contribution in [0.3, 0.4) is 0 Å². The molecule has 0 aliphatic carbocycles. The SMILES string of the molecule is CCCNC(c1ccc(Br)o1)C1COc2ccccc21. The Kier molecular flexibility index (Phi) is 4.13. The molecule has 1 aromatic carbocycles. The summed E-state index contributed by atoms with van der Waals surface area (Å²) < 4.78 is 12.3. The molecule has 2 unspecified atom stereocenters. The zero-order chi connectivity index (χ0) is 13.9. The molecule has 0 saturated carbocycles. The molecule has 4 heteroatoms. The lowest BCUT2D eigenvalue weighted by atomic mass is 9.91. The van der Waals surface area contributed by atoms with Crippen LogP contribution in [0.1, 0.15) is 36.6 Å². The van der Waals surface area contributed by atoms with Crippen LogP contribution in [-0.2, 0) is 0 Å². The van der Waals surface area contributed by atoms with Gasteiger partial charge in [-0.2, -0.15) is 0 Å². The molecule has 1 N–H and O–H groups in total. The lowest BCUT2D eigenvalue weighted by Crippen LogP contribution is -2.28. The van der Waals surface area contributed by atoms with Gasteiger partial charge in [0.15, 0.2) is 4.67 Å². The van der Waals surface area contributed by atoms with E-state index in [9.17, 15) is 0 Å². The van der Waals surface area contributed by atoms with Crippen molar-refractivity contribution >= 4 is 15.9 Å². The number of fused-ring (bicyclic) bond motifs is 1. The summed E-state index contributed by atoms with van der Waals surface area (Å²) in [6.07, 6.45) is 1.09. The molecule has 0 bridgehead atoms. The molecule has 0 amide bonds. The number of hydrogen-bond acceptors (Lipinski definition) is 3. The van der Waals surface area contributed by atoms with Crippen molar-refractivity contribution in [3.63, 3.8) is 0 Å². The Labute approximate surface area is 127 Å². The zero-order valence-corrected chi connectivity index (χ0v) is 13.0. The monoisotopic (exact) mass is 335 g/mol. The highest BCUT2D eigenvalue weighted by atomic mass is 79.9. The van der Waals surface area contributed by atoms with Crippen molar-refractivity contribution in [2.24, 2.45) is 0 Å². The van der Waals surface area contributed by atoms with E-state index < -0.39 is 0 Å². The smallest absolute Gasteiger partial charge is 0.169 e. The van der Waals surface area contributed by atoms with Crippen LogP contribution in [0.4, 0.5) is 0 Å². The number of rotatable bonds is 5. The molecule has 1 aromatic heterocycles. The molecular formula is C16H18BrNO2. The Bertz CT molecular complexity index is 581. The first-order valence-corrected chi connectivity index (χ1v) is 7.79. The summed E-state index contributed by atoms with van der Waals surface area (Å²) in [7, 11) is 0. The number of hydrogen-bond donors (Lipinski definition) is 1. The van der Waals surface area contributed by atoms with Crippen molar-refractivity contribution < 1.29 is 9.15 Å². The average Bonchev–Trinajstić information content (AvgIpc) is 3.07. The van der Waals surface area contributed by atoms with Gasteiger partial charge in [0.2, 0.25) is 0 Å². The Balaban J connectivity index is 1.90. The highest BCUT2D eigenvalue weighted by molar-refractivity contribution is 9.10. The fourth-order valence-electron chi connectivity index (χ4n) is 2.70. The quantitative estimate of drug-likeness (QED) is 0.886. The number of nitrogens with one attached hydrogen (secondary N) is 1. The Morgan fingerprint density at radius 1 is 1.30 bits per heavy atom. The maximum Gasteiger partial charge on any atom is 0.169 e. The van der Waals surface area contributed by atoms with Gasteiger partial charge < -0.3 is 14.5 Å². The van der Waals surface area contributed by atoms with E-state index in [2.05, 4.69) is 40.3 Å². The first-order chi connectivity index (χ1) is 9.79. The Hall–Kier alpha value is -1.26. The van der Waals surface area contributed by atoms with Gasteiger partial charge in [-0.15, -0.1) is 0 Å². The molecule has 20 heavy (non-hydrogen) atoms. The van der Waals surface area contributed by atoms with E-state index in [-0.39, 0.29) is 12.0 Å². The molecule has 106 valence electrons. The standard InChI is InChI=1S/C16H18BrNO2/c1-2-9-18-16(14-7-8-15(17)20-14)12-10-19-13-6-4-3-5-11(12)13/h3-8,12,16,18H,2,9-10H2,1H3. The maximum atomic E-state index is 5.81. The summed E-state index contributed by atoms with van der Waals surface area (Å²) in [5, 5.41) is 3.59. The van der Waals surface area contributed by atoms with Crippen molar-refractivity contribution in [3.05, 3.63) is 52.4 Å². The Morgan fingerprint density at radius 3 is 2.90 bits per heavy atom. The van der Waals surface area contributed by atoms with Gasteiger partial charge in [0.05, 0.1) is 12.6 Å².